The van der Waals surface area contributed by atoms with Gasteiger partial charge in [0.2, 0.25) is 11.7 Å². The van der Waals surface area contributed by atoms with Crippen molar-refractivity contribution in [2.75, 3.05) is 37.0 Å². The first kappa shape index (κ1) is 28.0. The predicted molar refractivity (Wildman–Crippen MR) is 154 cm³/mol. The molecule has 214 valence electrons. The van der Waals surface area contributed by atoms with Crippen molar-refractivity contribution >= 4 is 23.2 Å². The van der Waals surface area contributed by atoms with Crippen LogP contribution >= 0.6 is 0 Å². The monoisotopic (exact) mass is 557 g/mol. The minimum atomic E-state index is -0.947. The van der Waals surface area contributed by atoms with Gasteiger partial charge in [0.1, 0.15) is 18.3 Å². The molecule has 4 aromatic rings. The van der Waals surface area contributed by atoms with E-state index in [1.54, 1.807) is 6.07 Å². The molecule has 0 aliphatic carbocycles. The van der Waals surface area contributed by atoms with Crippen LogP contribution in [0.1, 0.15) is 35.8 Å². The highest BCUT2D eigenvalue weighted by molar-refractivity contribution is 6.01. The Balaban J connectivity index is 1.50. The molecule has 0 unspecified atom stereocenters. The van der Waals surface area contributed by atoms with Crippen molar-refractivity contribution in [2.45, 2.75) is 45.4 Å². The summed E-state index contributed by atoms with van der Waals surface area (Å²) in [5.41, 5.74) is 3.20. The van der Waals surface area contributed by atoms with Crippen molar-refractivity contribution in [3.05, 3.63) is 77.6 Å². The van der Waals surface area contributed by atoms with Gasteiger partial charge in [-0.1, -0.05) is 24.3 Å². The van der Waals surface area contributed by atoms with E-state index in [0.717, 1.165) is 29.9 Å². The molecule has 1 fully saturated rings. The lowest BCUT2D eigenvalue weighted by Crippen LogP contribution is -2.46. The molecule has 11 heteroatoms. The fraction of sp³-hybridized carbons (Fsp3) is 0.367. The molecule has 1 saturated heterocycles. The molecule has 0 spiro atoms. The van der Waals surface area contributed by atoms with E-state index in [2.05, 4.69) is 20.7 Å². The first-order chi connectivity index (χ1) is 19.8. The number of nitrogens with one attached hydrogen (secondary N) is 1. The van der Waals surface area contributed by atoms with Crippen molar-refractivity contribution in [3.8, 4) is 11.6 Å². The summed E-state index contributed by atoms with van der Waals surface area (Å²) < 4.78 is 11.3. The highest BCUT2D eigenvalue weighted by atomic mass is 16.5. The number of nitrogens with zero attached hydrogens (tertiary/aromatic N) is 6. The summed E-state index contributed by atoms with van der Waals surface area (Å²) >= 11 is 0. The van der Waals surface area contributed by atoms with E-state index in [1.165, 1.54) is 9.70 Å². The van der Waals surface area contributed by atoms with Gasteiger partial charge in [0, 0.05) is 38.6 Å². The molecule has 41 heavy (non-hydrogen) atoms. The number of furan rings is 1. The van der Waals surface area contributed by atoms with Crippen LogP contribution < -0.4 is 15.1 Å². The molecular formula is C30H35N7O4. The summed E-state index contributed by atoms with van der Waals surface area (Å²) in [6.07, 6.45) is 1.81. The topological polar surface area (TPSA) is 119 Å². The van der Waals surface area contributed by atoms with Gasteiger partial charge in [-0.15, -0.1) is 10.2 Å². The Morgan fingerprint density at radius 3 is 2.54 bits per heavy atom. The zero-order valence-electron chi connectivity index (χ0n) is 23.8. The Morgan fingerprint density at radius 1 is 1.07 bits per heavy atom. The number of aryl methyl sites for hydroxylation is 2. The SMILES string of the molecule is Cc1cccc(N(C(=O)Cn2nnc(-c3ccc(C)o3)n2)[C@H](C(=O)NC[C@@H]2CCCO2)c2ccc(N(C)C)cc2)c1. The van der Waals surface area contributed by atoms with Crippen LogP contribution in [0.25, 0.3) is 11.6 Å². The fourth-order valence-corrected chi connectivity index (χ4v) is 4.86. The number of rotatable bonds is 10. The molecule has 0 radical (unpaired) electrons. The normalized spacial score (nSPS) is 15.5. The van der Waals surface area contributed by atoms with Crippen LogP contribution in [0, 0.1) is 13.8 Å². The number of anilines is 2. The summed E-state index contributed by atoms with van der Waals surface area (Å²) in [6, 6.07) is 17.8. The summed E-state index contributed by atoms with van der Waals surface area (Å²) in [5, 5.41) is 15.5. The van der Waals surface area contributed by atoms with Gasteiger partial charge in [0.15, 0.2) is 5.76 Å². The Bertz CT molecular complexity index is 1490. The summed E-state index contributed by atoms with van der Waals surface area (Å²) in [6.45, 7) is 4.60. The molecule has 1 aliphatic rings. The number of hydrogen-bond donors (Lipinski definition) is 1. The molecular weight excluding hydrogens is 522 g/mol. The highest BCUT2D eigenvalue weighted by Gasteiger charge is 2.34. The minimum absolute atomic E-state index is 0.0400. The van der Waals surface area contributed by atoms with Gasteiger partial charge in [-0.25, -0.2) is 0 Å². The minimum Gasteiger partial charge on any atom is -0.458 e. The van der Waals surface area contributed by atoms with Gasteiger partial charge in [-0.2, -0.15) is 4.80 Å². The third kappa shape index (κ3) is 6.63. The van der Waals surface area contributed by atoms with Crippen LogP contribution in [0.2, 0.25) is 0 Å². The van der Waals surface area contributed by atoms with Crippen LogP contribution in [0.15, 0.2) is 65.1 Å². The van der Waals surface area contributed by atoms with Crippen LogP contribution in [-0.2, 0) is 20.9 Å². The molecule has 2 amide bonds. The second-order valence-electron chi connectivity index (χ2n) is 10.4. The van der Waals surface area contributed by atoms with Gasteiger partial charge < -0.3 is 19.4 Å². The molecule has 1 aliphatic heterocycles. The second kappa shape index (κ2) is 12.3. The summed E-state index contributed by atoms with van der Waals surface area (Å²) in [7, 11) is 3.90. The Hall–Kier alpha value is -4.51. The molecule has 1 N–H and O–H groups in total. The van der Waals surface area contributed by atoms with Crippen molar-refractivity contribution < 1.29 is 18.7 Å². The number of carbonyl (C=O) groups excluding carboxylic acids is 2. The average molecular weight is 558 g/mol. The van der Waals surface area contributed by atoms with E-state index in [-0.39, 0.29) is 30.3 Å². The number of benzene rings is 2. The average Bonchev–Trinajstić information content (AvgIpc) is 3.73. The molecule has 2 aromatic heterocycles. The highest BCUT2D eigenvalue weighted by Crippen LogP contribution is 2.30. The maximum Gasteiger partial charge on any atom is 0.251 e. The molecule has 5 rings (SSSR count). The molecule has 3 heterocycles. The number of ether oxygens (including phenoxy) is 1. The molecule has 0 bridgehead atoms. The Kier molecular flexibility index (Phi) is 8.44. The van der Waals surface area contributed by atoms with E-state index in [0.29, 0.717) is 30.2 Å². The number of amides is 2. The van der Waals surface area contributed by atoms with E-state index in [1.807, 2.05) is 87.4 Å². The lowest BCUT2D eigenvalue weighted by Gasteiger charge is -2.32. The Morgan fingerprint density at radius 2 is 1.88 bits per heavy atom. The zero-order valence-corrected chi connectivity index (χ0v) is 23.8. The molecule has 2 aromatic carbocycles. The summed E-state index contributed by atoms with van der Waals surface area (Å²) in [4.78, 5) is 32.7. The van der Waals surface area contributed by atoms with Gasteiger partial charge in [0.25, 0.3) is 5.91 Å². The molecule has 11 nitrogen and oxygen atoms in total. The number of tetrazole rings is 1. The van der Waals surface area contributed by atoms with Crippen LogP contribution in [0.3, 0.4) is 0 Å². The van der Waals surface area contributed by atoms with Crippen LogP contribution in [-0.4, -0.2) is 65.4 Å². The lowest BCUT2D eigenvalue weighted by molar-refractivity contribution is -0.127. The first-order valence-corrected chi connectivity index (χ1v) is 13.7. The maximum absolute atomic E-state index is 14.1. The number of carbonyl (C=O) groups is 2. The first-order valence-electron chi connectivity index (χ1n) is 13.7. The quantitative estimate of drug-likeness (QED) is 0.314. The smallest absolute Gasteiger partial charge is 0.251 e. The van der Waals surface area contributed by atoms with Gasteiger partial charge in [-0.3, -0.25) is 14.5 Å². The fourth-order valence-electron chi connectivity index (χ4n) is 4.86. The van der Waals surface area contributed by atoms with E-state index < -0.39 is 6.04 Å². The van der Waals surface area contributed by atoms with Gasteiger partial charge in [-0.05, 0) is 79.4 Å². The molecule has 0 saturated carbocycles. The third-order valence-electron chi connectivity index (χ3n) is 7.00. The second-order valence-corrected chi connectivity index (χ2v) is 10.4. The maximum atomic E-state index is 14.1. The predicted octanol–water partition coefficient (Wildman–Crippen LogP) is 3.69. The zero-order chi connectivity index (χ0) is 28.9. The van der Waals surface area contributed by atoms with E-state index in [9.17, 15) is 9.59 Å². The molecule has 2 atom stereocenters. The standard InChI is InChI=1S/C30H35N7O4/c1-20-7-5-8-24(17-20)37(27(38)19-36-33-29(32-34-36)26-15-10-21(2)41-26)28(22-11-13-23(14-12-22)35(3)4)30(39)31-18-25-9-6-16-40-25/h5,7-8,10-15,17,25,28H,6,9,16,18-19H2,1-4H3,(H,31,39)/t25-,28-/m0/s1. The van der Waals surface area contributed by atoms with Crippen molar-refractivity contribution in [1.29, 1.82) is 0 Å². The van der Waals surface area contributed by atoms with Crippen molar-refractivity contribution in [3.63, 3.8) is 0 Å². The lowest BCUT2D eigenvalue weighted by atomic mass is 10.0. The number of hydrogen-bond acceptors (Lipinski definition) is 8. The Labute approximate surface area is 239 Å². The third-order valence-corrected chi connectivity index (χ3v) is 7.00. The van der Waals surface area contributed by atoms with E-state index in [4.69, 9.17) is 9.15 Å². The van der Waals surface area contributed by atoms with Crippen LogP contribution in [0.4, 0.5) is 11.4 Å². The van der Waals surface area contributed by atoms with E-state index >= 15 is 0 Å². The number of aromatic nitrogens is 4. The van der Waals surface area contributed by atoms with Crippen molar-refractivity contribution in [2.24, 2.45) is 0 Å². The summed E-state index contributed by atoms with van der Waals surface area (Å²) in [5.74, 6) is 0.785. The van der Waals surface area contributed by atoms with Gasteiger partial charge in [0.05, 0.1) is 6.10 Å². The largest absolute Gasteiger partial charge is 0.458 e. The van der Waals surface area contributed by atoms with Crippen molar-refractivity contribution in [1.82, 2.24) is 25.5 Å². The van der Waals surface area contributed by atoms with Gasteiger partial charge >= 0.3 is 0 Å². The van der Waals surface area contributed by atoms with Crippen LogP contribution in [0.5, 0.6) is 0 Å².